The molecule has 0 unspecified atom stereocenters. The lowest BCUT2D eigenvalue weighted by Gasteiger charge is -2.14. The second-order valence-electron chi connectivity index (χ2n) is 11.4. The molecule has 0 aliphatic rings. The Morgan fingerprint density at radius 2 is 0.773 bits per heavy atom. The van der Waals surface area contributed by atoms with Crippen LogP contribution < -0.4 is 0 Å². The minimum absolute atomic E-state index is 1.16. The summed E-state index contributed by atoms with van der Waals surface area (Å²) in [5, 5.41) is 5.01. The molecule has 9 rings (SSSR count). The van der Waals surface area contributed by atoms with Crippen LogP contribution in [-0.4, -0.2) is 9.13 Å². The van der Waals surface area contributed by atoms with Crippen LogP contribution in [0.2, 0.25) is 0 Å². The molecule has 9 aromatic rings. The molecule has 0 fully saturated rings. The summed E-state index contributed by atoms with van der Waals surface area (Å²) in [6, 6.07) is 61.4. The minimum atomic E-state index is 1.16. The van der Waals surface area contributed by atoms with Crippen molar-refractivity contribution in [3.63, 3.8) is 0 Å². The van der Waals surface area contributed by atoms with Crippen LogP contribution in [-0.2, 0) is 0 Å². The van der Waals surface area contributed by atoms with Crippen LogP contribution >= 0.6 is 0 Å². The van der Waals surface area contributed by atoms with Gasteiger partial charge in [0.1, 0.15) is 0 Å². The van der Waals surface area contributed by atoms with E-state index in [4.69, 9.17) is 0 Å². The number of hydrogen-bond acceptors (Lipinski definition) is 0. The van der Waals surface area contributed by atoms with Gasteiger partial charge in [-0.05, 0) is 59.2 Å². The van der Waals surface area contributed by atoms with Crippen LogP contribution in [0, 0.1) is 0 Å². The second-order valence-corrected chi connectivity index (χ2v) is 11.4. The first kappa shape index (κ1) is 24.7. The Morgan fingerprint density at radius 1 is 0.295 bits per heavy atom. The molecule has 0 saturated carbocycles. The summed E-state index contributed by atoms with van der Waals surface area (Å²) in [5.74, 6) is 0. The maximum atomic E-state index is 2.45. The average molecular weight is 561 g/mol. The molecule has 0 bridgehead atoms. The fraction of sp³-hybridized carbons (Fsp3) is 0. The summed E-state index contributed by atoms with van der Waals surface area (Å²) in [6.45, 7) is 0. The standard InChI is InChI=1S/C42H28N2/c1-3-13-29(14-4-1)30-23-25-32(26-24-30)43-39-21-11-8-18-34(39)36-28-42-37(27-41(36)43)35-19-9-12-22-40(35)44(42)38-20-10-7-17-33(38)31-15-5-2-6-16-31/h1-28H. The van der Waals surface area contributed by atoms with Gasteiger partial charge < -0.3 is 9.13 Å². The van der Waals surface area contributed by atoms with Gasteiger partial charge in [0.15, 0.2) is 0 Å². The third-order valence-corrected chi connectivity index (χ3v) is 8.93. The maximum Gasteiger partial charge on any atom is 0.0549 e. The second kappa shape index (κ2) is 9.86. The fourth-order valence-corrected chi connectivity index (χ4v) is 6.93. The minimum Gasteiger partial charge on any atom is -0.309 e. The van der Waals surface area contributed by atoms with Crippen LogP contribution in [0.4, 0.5) is 0 Å². The molecule has 0 saturated heterocycles. The van der Waals surface area contributed by atoms with Crippen molar-refractivity contribution in [1.29, 1.82) is 0 Å². The molecule has 0 radical (unpaired) electrons. The molecular weight excluding hydrogens is 532 g/mol. The molecule has 0 spiro atoms. The van der Waals surface area contributed by atoms with Gasteiger partial charge in [0.2, 0.25) is 0 Å². The quantitative estimate of drug-likeness (QED) is 0.203. The van der Waals surface area contributed by atoms with E-state index in [9.17, 15) is 0 Å². The molecule has 2 heterocycles. The van der Waals surface area contributed by atoms with Crippen molar-refractivity contribution < 1.29 is 0 Å². The van der Waals surface area contributed by atoms with E-state index in [-0.39, 0.29) is 0 Å². The van der Waals surface area contributed by atoms with E-state index in [2.05, 4.69) is 179 Å². The molecule has 44 heavy (non-hydrogen) atoms. The molecule has 0 aliphatic carbocycles. The van der Waals surface area contributed by atoms with E-state index < -0.39 is 0 Å². The zero-order valence-electron chi connectivity index (χ0n) is 24.1. The number of rotatable bonds is 4. The molecule has 2 heteroatoms. The van der Waals surface area contributed by atoms with Crippen LogP contribution in [0.5, 0.6) is 0 Å². The predicted octanol–water partition coefficient (Wildman–Crippen LogP) is 11.2. The van der Waals surface area contributed by atoms with E-state index in [1.807, 2.05) is 0 Å². The zero-order chi connectivity index (χ0) is 29.0. The molecular formula is C42H28N2. The van der Waals surface area contributed by atoms with Gasteiger partial charge in [-0.2, -0.15) is 0 Å². The number of nitrogens with zero attached hydrogens (tertiary/aromatic N) is 2. The molecule has 0 atom stereocenters. The molecule has 2 aromatic heterocycles. The summed E-state index contributed by atoms with van der Waals surface area (Å²) in [4.78, 5) is 0. The number of para-hydroxylation sites is 3. The van der Waals surface area contributed by atoms with E-state index in [0.717, 1.165) is 5.69 Å². The summed E-state index contributed by atoms with van der Waals surface area (Å²) in [5.41, 5.74) is 12.1. The Balaban J connectivity index is 1.34. The first-order valence-electron chi connectivity index (χ1n) is 15.1. The van der Waals surface area contributed by atoms with Gasteiger partial charge in [0.05, 0.1) is 27.8 Å². The molecule has 0 N–H and O–H groups in total. The number of aromatic nitrogens is 2. The fourth-order valence-electron chi connectivity index (χ4n) is 6.93. The van der Waals surface area contributed by atoms with E-state index in [1.54, 1.807) is 0 Å². The first-order chi connectivity index (χ1) is 21.8. The molecule has 0 aliphatic heterocycles. The molecule has 7 aromatic carbocycles. The lowest BCUT2D eigenvalue weighted by molar-refractivity contribution is 1.18. The van der Waals surface area contributed by atoms with Gasteiger partial charge in [-0.1, -0.05) is 127 Å². The van der Waals surface area contributed by atoms with Crippen molar-refractivity contribution in [3.8, 4) is 33.6 Å². The van der Waals surface area contributed by atoms with Crippen LogP contribution in [0.15, 0.2) is 170 Å². The van der Waals surface area contributed by atoms with Gasteiger partial charge >= 0.3 is 0 Å². The lowest BCUT2D eigenvalue weighted by Crippen LogP contribution is -1.97. The highest BCUT2D eigenvalue weighted by Gasteiger charge is 2.19. The third kappa shape index (κ3) is 3.75. The highest BCUT2D eigenvalue weighted by atomic mass is 15.0. The molecule has 206 valence electrons. The predicted molar refractivity (Wildman–Crippen MR) is 186 cm³/mol. The van der Waals surface area contributed by atoms with Crippen LogP contribution in [0.25, 0.3) is 77.2 Å². The summed E-state index contributed by atoms with van der Waals surface area (Å²) < 4.78 is 4.87. The molecule has 2 nitrogen and oxygen atoms in total. The summed E-state index contributed by atoms with van der Waals surface area (Å²) in [7, 11) is 0. The van der Waals surface area contributed by atoms with Crippen LogP contribution in [0.3, 0.4) is 0 Å². The first-order valence-corrected chi connectivity index (χ1v) is 15.1. The van der Waals surface area contributed by atoms with Crippen molar-refractivity contribution in [2.75, 3.05) is 0 Å². The number of fused-ring (bicyclic) bond motifs is 6. The third-order valence-electron chi connectivity index (χ3n) is 8.93. The Labute approximate surface area is 255 Å². The monoisotopic (exact) mass is 560 g/mol. The Hall–Kier alpha value is -5.86. The topological polar surface area (TPSA) is 9.86 Å². The van der Waals surface area contributed by atoms with Gasteiger partial charge in [-0.3, -0.25) is 0 Å². The average Bonchev–Trinajstić information content (AvgIpc) is 3.60. The highest BCUT2D eigenvalue weighted by molar-refractivity contribution is 6.19. The van der Waals surface area contributed by atoms with E-state index in [1.165, 1.54) is 71.6 Å². The van der Waals surface area contributed by atoms with Crippen LogP contribution in [0.1, 0.15) is 0 Å². The number of hydrogen-bond donors (Lipinski definition) is 0. The maximum absolute atomic E-state index is 2.45. The van der Waals surface area contributed by atoms with Crippen molar-refractivity contribution in [3.05, 3.63) is 170 Å². The SMILES string of the molecule is c1ccc(-c2ccc(-n3c4ccccc4c4cc5c(cc43)c3ccccc3n5-c3ccccc3-c3ccccc3)cc2)cc1. The van der Waals surface area contributed by atoms with Gasteiger partial charge in [0.25, 0.3) is 0 Å². The van der Waals surface area contributed by atoms with Crippen molar-refractivity contribution in [2.45, 2.75) is 0 Å². The Kier molecular flexibility index (Phi) is 5.54. The number of benzene rings is 7. The van der Waals surface area contributed by atoms with Crippen molar-refractivity contribution >= 4 is 43.6 Å². The van der Waals surface area contributed by atoms with Crippen molar-refractivity contribution in [2.24, 2.45) is 0 Å². The van der Waals surface area contributed by atoms with Gasteiger partial charge in [-0.15, -0.1) is 0 Å². The molecule has 0 amide bonds. The Morgan fingerprint density at radius 3 is 1.43 bits per heavy atom. The van der Waals surface area contributed by atoms with Gasteiger partial charge in [-0.25, -0.2) is 0 Å². The smallest absolute Gasteiger partial charge is 0.0549 e. The van der Waals surface area contributed by atoms with E-state index in [0.29, 0.717) is 0 Å². The van der Waals surface area contributed by atoms with Gasteiger partial charge in [0, 0.05) is 32.8 Å². The highest BCUT2D eigenvalue weighted by Crippen LogP contribution is 2.41. The Bertz CT molecular complexity index is 2460. The van der Waals surface area contributed by atoms with Crippen molar-refractivity contribution in [1.82, 2.24) is 9.13 Å². The summed E-state index contributed by atoms with van der Waals surface area (Å²) in [6.07, 6.45) is 0. The normalized spacial score (nSPS) is 11.6. The largest absolute Gasteiger partial charge is 0.309 e. The zero-order valence-corrected chi connectivity index (χ0v) is 24.1. The van der Waals surface area contributed by atoms with E-state index >= 15 is 0 Å². The summed E-state index contributed by atoms with van der Waals surface area (Å²) >= 11 is 0. The lowest BCUT2D eigenvalue weighted by atomic mass is 10.0.